The topological polar surface area (TPSA) is 67.7 Å². The molecule has 0 radical (unpaired) electrons. The van der Waals surface area contributed by atoms with Crippen molar-refractivity contribution in [3.8, 4) is 0 Å². The molecule has 0 bridgehead atoms. The smallest absolute Gasteiger partial charge is 0.272 e. The Labute approximate surface area is 160 Å². The fraction of sp³-hybridized carbons (Fsp3) is 0.750. The average Bonchev–Trinajstić information content (AvgIpc) is 3.34. The Balaban J connectivity index is 1.64. The monoisotopic (exact) mass is 374 g/mol. The molecule has 148 valence electrons. The molecule has 1 spiro atoms. The number of hydrogen-bond acceptors (Lipinski definition) is 4. The summed E-state index contributed by atoms with van der Waals surface area (Å²) in [6, 6.07) is 1.80. The SMILES string of the molecule is CCn1nc(C(C)C)cc1C(=O)N1CC[C@@]23OC[C@@H](C(C)C)N2C(=O)C[C@@H]13. The summed E-state index contributed by atoms with van der Waals surface area (Å²) in [6.07, 6.45) is 1.04. The molecule has 7 nitrogen and oxygen atoms in total. The van der Waals surface area contributed by atoms with Crippen LogP contribution in [0.4, 0.5) is 0 Å². The van der Waals surface area contributed by atoms with E-state index in [1.165, 1.54) is 0 Å². The highest BCUT2D eigenvalue weighted by Crippen LogP contribution is 2.49. The molecule has 4 heterocycles. The zero-order valence-electron chi connectivity index (χ0n) is 16.9. The first-order valence-electron chi connectivity index (χ1n) is 10.1. The highest BCUT2D eigenvalue weighted by molar-refractivity contribution is 5.94. The first kappa shape index (κ1) is 18.5. The molecule has 0 aromatic carbocycles. The third-order valence-electron chi connectivity index (χ3n) is 6.43. The van der Waals surface area contributed by atoms with Crippen LogP contribution in [0, 0.1) is 5.92 Å². The lowest BCUT2D eigenvalue weighted by molar-refractivity contribution is -0.139. The Morgan fingerprint density at radius 3 is 2.74 bits per heavy atom. The first-order chi connectivity index (χ1) is 12.8. The van der Waals surface area contributed by atoms with Crippen molar-refractivity contribution in [1.29, 1.82) is 0 Å². The number of hydrogen-bond donors (Lipinski definition) is 0. The third-order valence-corrected chi connectivity index (χ3v) is 6.43. The molecule has 3 atom stereocenters. The van der Waals surface area contributed by atoms with Crippen LogP contribution < -0.4 is 0 Å². The molecule has 4 rings (SSSR count). The molecule has 27 heavy (non-hydrogen) atoms. The summed E-state index contributed by atoms with van der Waals surface area (Å²) >= 11 is 0. The number of nitrogens with zero attached hydrogens (tertiary/aromatic N) is 4. The average molecular weight is 374 g/mol. The van der Waals surface area contributed by atoms with Gasteiger partial charge in [-0.05, 0) is 24.8 Å². The van der Waals surface area contributed by atoms with E-state index in [-0.39, 0.29) is 29.8 Å². The van der Waals surface area contributed by atoms with Gasteiger partial charge in [0.25, 0.3) is 5.91 Å². The van der Waals surface area contributed by atoms with Crippen molar-refractivity contribution in [2.45, 2.75) is 77.7 Å². The minimum atomic E-state index is -0.625. The summed E-state index contributed by atoms with van der Waals surface area (Å²) in [6.45, 7) is 12.2. The second-order valence-electron chi connectivity index (χ2n) is 8.62. The van der Waals surface area contributed by atoms with Crippen molar-refractivity contribution < 1.29 is 14.3 Å². The van der Waals surface area contributed by atoms with Gasteiger partial charge in [0.15, 0.2) is 5.72 Å². The summed E-state index contributed by atoms with van der Waals surface area (Å²) in [4.78, 5) is 30.0. The number of aryl methyl sites for hydroxylation is 1. The number of likely N-dealkylation sites (tertiary alicyclic amines) is 1. The Hall–Kier alpha value is -1.89. The summed E-state index contributed by atoms with van der Waals surface area (Å²) in [7, 11) is 0. The van der Waals surface area contributed by atoms with Gasteiger partial charge in [0.05, 0.1) is 30.8 Å². The number of amides is 2. The third kappa shape index (κ3) is 2.54. The van der Waals surface area contributed by atoms with Crippen LogP contribution in [-0.4, -0.2) is 62.4 Å². The standard InChI is InChI=1S/C20H30N4O3/c1-6-23-15(9-14(21-23)12(2)3)19(26)22-8-7-20-17(22)10-18(25)24(20)16(11-27-20)13(4)5/h9,12-13,16-17H,6-8,10-11H2,1-5H3/t16-,17+,20-/m0/s1. The molecule has 2 amide bonds. The van der Waals surface area contributed by atoms with Crippen LogP contribution in [0.3, 0.4) is 0 Å². The predicted molar refractivity (Wildman–Crippen MR) is 100 cm³/mol. The number of ether oxygens (including phenoxy) is 1. The van der Waals surface area contributed by atoms with E-state index < -0.39 is 5.72 Å². The maximum Gasteiger partial charge on any atom is 0.272 e. The van der Waals surface area contributed by atoms with Gasteiger partial charge < -0.3 is 14.5 Å². The number of carbonyl (C=O) groups excluding carboxylic acids is 2. The fourth-order valence-corrected chi connectivity index (χ4v) is 4.89. The minimum absolute atomic E-state index is 0.0376. The highest BCUT2D eigenvalue weighted by atomic mass is 16.5. The highest BCUT2D eigenvalue weighted by Gasteiger charge is 2.65. The van der Waals surface area contributed by atoms with E-state index in [1.54, 1.807) is 4.68 Å². The molecular formula is C20H30N4O3. The van der Waals surface area contributed by atoms with E-state index in [1.807, 2.05) is 22.8 Å². The normalized spacial score (nSPS) is 30.0. The second-order valence-corrected chi connectivity index (χ2v) is 8.62. The molecule has 0 aliphatic carbocycles. The lowest BCUT2D eigenvalue weighted by atomic mass is 10.0. The van der Waals surface area contributed by atoms with Crippen LogP contribution in [0.5, 0.6) is 0 Å². The zero-order valence-corrected chi connectivity index (χ0v) is 16.9. The molecule has 0 saturated carbocycles. The molecule has 3 saturated heterocycles. The van der Waals surface area contributed by atoms with Gasteiger partial charge in [-0.25, -0.2) is 0 Å². The van der Waals surface area contributed by atoms with E-state index in [2.05, 4.69) is 32.8 Å². The molecule has 1 aromatic rings. The van der Waals surface area contributed by atoms with Gasteiger partial charge in [0.1, 0.15) is 5.69 Å². The van der Waals surface area contributed by atoms with Gasteiger partial charge in [-0.3, -0.25) is 14.3 Å². The molecule has 3 aliphatic heterocycles. The maximum absolute atomic E-state index is 13.4. The van der Waals surface area contributed by atoms with Gasteiger partial charge in [0, 0.05) is 19.5 Å². The van der Waals surface area contributed by atoms with E-state index in [0.717, 1.165) is 5.69 Å². The molecule has 3 fully saturated rings. The van der Waals surface area contributed by atoms with Gasteiger partial charge >= 0.3 is 0 Å². The Bertz CT molecular complexity index is 771. The molecule has 1 aromatic heterocycles. The number of carbonyl (C=O) groups is 2. The van der Waals surface area contributed by atoms with Crippen molar-refractivity contribution in [3.05, 3.63) is 17.5 Å². The Kier molecular flexibility index (Phi) is 4.33. The Morgan fingerprint density at radius 2 is 2.11 bits per heavy atom. The van der Waals surface area contributed by atoms with E-state index in [4.69, 9.17) is 4.74 Å². The van der Waals surface area contributed by atoms with Crippen LogP contribution in [0.15, 0.2) is 6.07 Å². The van der Waals surface area contributed by atoms with Crippen molar-refractivity contribution in [1.82, 2.24) is 19.6 Å². The largest absolute Gasteiger partial charge is 0.351 e. The maximum atomic E-state index is 13.4. The van der Waals surface area contributed by atoms with Gasteiger partial charge in [-0.1, -0.05) is 27.7 Å². The van der Waals surface area contributed by atoms with Crippen LogP contribution in [0.1, 0.15) is 69.6 Å². The first-order valence-corrected chi connectivity index (χ1v) is 10.1. The summed E-state index contributed by atoms with van der Waals surface area (Å²) in [5.41, 5.74) is 0.914. The minimum Gasteiger partial charge on any atom is -0.351 e. The van der Waals surface area contributed by atoms with Gasteiger partial charge in [-0.15, -0.1) is 0 Å². The lowest BCUT2D eigenvalue weighted by Crippen LogP contribution is -2.51. The molecule has 7 heteroatoms. The number of rotatable bonds is 4. The van der Waals surface area contributed by atoms with E-state index in [9.17, 15) is 9.59 Å². The quantitative estimate of drug-likeness (QED) is 0.810. The predicted octanol–water partition coefficient (Wildman–Crippen LogP) is 2.22. The molecule has 0 N–H and O–H groups in total. The van der Waals surface area contributed by atoms with Crippen molar-refractivity contribution in [2.24, 2.45) is 5.92 Å². The second kappa shape index (κ2) is 6.33. The molecule has 0 unspecified atom stereocenters. The molecule has 3 aliphatic rings. The van der Waals surface area contributed by atoms with E-state index in [0.29, 0.717) is 44.1 Å². The summed E-state index contributed by atoms with van der Waals surface area (Å²) in [5.74, 6) is 0.680. The van der Waals surface area contributed by atoms with Crippen LogP contribution in [0.2, 0.25) is 0 Å². The van der Waals surface area contributed by atoms with Crippen molar-refractivity contribution >= 4 is 11.8 Å². The van der Waals surface area contributed by atoms with Crippen molar-refractivity contribution in [3.63, 3.8) is 0 Å². The summed E-state index contributed by atoms with van der Waals surface area (Å²) < 4.78 is 8.02. The summed E-state index contributed by atoms with van der Waals surface area (Å²) in [5, 5.41) is 4.58. The van der Waals surface area contributed by atoms with Gasteiger partial charge in [0.2, 0.25) is 5.91 Å². The van der Waals surface area contributed by atoms with Crippen molar-refractivity contribution in [2.75, 3.05) is 13.2 Å². The van der Waals surface area contributed by atoms with Crippen LogP contribution >= 0.6 is 0 Å². The Morgan fingerprint density at radius 1 is 1.37 bits per heavy atom. The number of aromatic nitrogens is 2. The van der Waals surface area contributed by atoms with Crippen LogP contribution in [0.25, 0.3) is 0 Å². The molecular weight excluding hydrogens is 344 g/mol. The van der Waals surface area contributed by atoms with Gasteiger partial charge in [-0.2, -0.15) is 5.10 Å². The van der Waals surface area contributed by atoms with Crippen LogP contribution in [-0.2, 0) is 16.1 Å². The lowest BCUT2D eigenvalue weighted by Gasteiger charge is -2.34. The zero-order chi connectivity index (χ0) is 19.5. The fourth-order valence-electron chi connectivity index (χ4n) is 4.89. The van der Waals surface area contributed by atoms with E-state index >= 15 is 0 Å².